The van der Waals surface area contributed by atoms with Crippen molar-refractivity contribution in [2.24, 2.45) is 0 Å². The second kappa shape index (κ2) is 6.43. The summed E-state index contributed by atoms with van der Waals surface area (Å²) in [6.07, 6.45) is 0. The van der Waals surface area contributed by atoms with Gasteiger partial charge >= 0.3 is 6.03 Å². The van der Waals surface area contributed by atoms with Gasteiger partial charge in [-0.2, -0.15) is 5.26 Å². The van der Waals surface area contributed by atoms with E-state index in [1.807, 2.05) is 0 Å². The fourth-order valence-electron chi connectivity index (χ4n) is 2.00. The van der Waals surface area contributed by atoms with Gasteiger partial charge in [0.2, 0.25) is 0 Å². The molecule has 0 atom stereocenters. The topological polar surface area (TPSA) is 51.7 Å². The summed E-state index contributed by atoms with van der Waals surface area (Å²) in [6.45, 7) is 7.03. The molecular formula is C17H14N4O. The van der Waals surface area contributed by atoms with Crippen LogP contribution in [0, 0.1) is 17.9 Å². The lowest BCUT2D eigenvalue weighted by atomic mass is 10.2. The van der Waals surface area contributed by atoms with Crippen molar-refractivity contribution in [1.82, 2.24) is 0 Å². The molecule has 0 spiro atoms. The third kappa shape index (κ3) is 3.05. The van der Waals surface area contributed by atoms with Crippen LogP contribution in [0.3, 0.4) is 0 Å². The third-order valence-corrected chi connectivity index (χ3v) is 3.28. The zero-order valence-electron chi connectivity index (χ0n) is 12.3. The first-order chi connectivity index (χ1) is 10.6. The maximum atomic E-state index is 12.5. The van der Waals surface area contributed by atoms with Crippen LogP contribution in [0.15, 0.2) is 48.5 Å². The minimum Gasteiger partial charge on any atom is -0.298 e. The van der Waals surface area contributed by atoms with Crippen molar-refractivity contribution in [3.63, 3.8) is 0 Å². The molecule has 22 heavy (non-hydrogen) atoms. The number of amides is 2. The molecule has 0 heterocycles. The van der Waals surface area contributed by atoms with E-state index in [1.165, 1.54) is 9.80 Å². The summed E-state index contributed by atoms with van der Waals surface area (Å²) in [7, 11) is 3.30. The van der Waals surface area contributed by atoms with Crippen LogP contribution >= 0.6 is 0 Å². The molecule has 2 aromatic carbocycles. The van der Waals surface area contributed by atoms with Crippen LogP contribution in [0.2, 0.25) is 0 Å². The Balaban J connectivity index is 2.26. The third-order valence-electron chi connectivity index (χ3n) is 3.28. The van der Waals surface area contributed by atoms with E-state index in [-0.39, 0.29) is 6.03 Å². The largest absolute Gasteiger partial charge is 0.328 e. The van der Waals surface area contributed by atoms with E-state index in [1.54, 1.807) is 62.6 Å². The maximum absolute atomic E-state index is 12.5. The van der Waals surface area contributed by atoms with Crippen molar-refractivity contribution in [3.8, 4) is 6.07 Å². The molecule has 0 aliphatic rings. The predicted molar refractivity (Wildman–Crippen MR) is 86.1 cm³/mol. The monoisotopic (exact) mass is 290 g/mol. The number of urea groups is 1. The van der Waals surface area contributed by atoms with E-state index in [2.05, 4.69) is 10.9 Å². The Morgan fingerprint density at radius 1 is 1.09 bits per heavy atom. The number of anilines is 2. The number of nitriles is 1. The molecule has 0 aromatic heterocycles. The van der Waals surface area contributed by atoms with E-state index in [9.17, 15) is 4.79 Å². The Bertz CT molecular complexity index is 720. The number of hydrogen-bond donors (Lipinski definition) is 0. The van der Waals surface area contributed by atoms with Gasteiger partial charge in [-0.1, -0.05) is 18.2 Å². The molecule has 0 saturated carbocycles. The van der Waals surface area contributed by atoms with Gasteiger partial charge in [0, 0.05) is 25.5 Å². The summed E-state index contributed by atoms with van der Waals surface area (Å²) in [4.78, 5) is 18.8. The molecule has 2 rings (SSSR count). The minimum atomic E-state index is -0.253. The molecule has 0 fully saturated rings. The van der Waals surface area contributed by atoms with Crippen LogP contribution in [0.5, 0.6) is 0 Å². The zero-order chi connectivity index (χ0) is 16.1. The van der Waals surface area contributed by atoms with E-state index >= 15 is 0 Å². The number of carbonyl (C=O) groups is 1. The Labute approximate surface area is 129 Å². The standard InChI is InChI=1S/C17H14N4O/c1-19-14-7-5-9-16(11-14)21(3)17(22)20(2)15-8-4-6-13(10-15)12-18/h4-11H,2-3H3. The first-order valence-electron chi connectivity index (χ1n) is 6.56. The number of carbonyl (C=O) groups excluding carboxylic acids is 1. The lowest BCUT2D eigenvalue weighted by Crippen LogP contribution is -2.38. The van der Waals surface area contributed by atoms with E-state index in [0.29, 0.717) is 22.6 Å². The summed E-state index contributed by atoms with van der Waals surface area (Å²) in [5.41, 5.74) is 2.25. The second-order valence-electron chi connectivity index (χ2n) is 4.69. The van der Waals surface area contributed by atoms with E-state index in [4.69, 9.17) is 11.8 Å². The Morgan fingerprint density at radius 2 is 1.68 bits per heavy atom. The molecule has 2 aromatic rings. The van der Waals surface area contributed by atoms with Crippen LogP contribution < -0.4 is 9.80 Å². The highest BCUT2D eigenvalue weighted by Gasteiger charge is 2.17. The van der Waals surface area contributed by atoms with Gasteiger partial charge in [-0.05, 0) is 30.3 Å². The summed E-state index contributed by atoms with van der Waals surface area (Å²) in [6, 6.07) is 15.5. The predicted octanol–water partition coefficient (Wildman–Crippen LogP) is 3.80. The number of benzene rings is 2. The summed E-state index contributed by atoms with van der Waals surface area (Å²) in [5, 5.41) is 8.94. The number of hydrogen-bond acceptors (Lipinski definition) is 2. The normalized spacial score (nSPS) is 9.45. The molecule has 0 aliphatic carbocycles. The van der Waals surface area contributed by atoms with Crippen molar-refractivity contribution in [2.45, 2.75) is 0 Å². The summed E-state index contributed by atoms with van der Waals surface area (Å²) >= 11 is 0. The summed E-state index contributed by atoms with van der Waals surface area (Å²) < 4.78 is 0. The fourth-order valence-corrected chi connectivity index (χ4v) is 2.00. The lowest BCUT2D eigenvalue weighted by molar-refractivity contribution is 0.253. The van der Waals surface area contributed by atoms with Crippen molar-refractivity contribution >= 4 is 23.1 Å². The van der Waals surface area contributed by atoms with Crippen molar-refractivity contribution < 1.29 is 4.79 Å². The molecule has 0 unspecified atom stereocenters. The Kier molecular flexibility index (Phi) is 4.41. The second-order valence-corrected chi connectivity index (χ2v) is 4.69. The highest BCUT2D eigenvalue weighted by Crippen LogP contribution is 2.23. The lowest BCUT2D eigenvalue weighted by Gasteiger charge is -2.25. The number of nitrogens with zero attached hydrogens (tertiary/aromatic N) is 4. The Morgan fingerprint density at radius 3 is 2.27 bits per heavy atom. The van der Waals surface area contributed by atoms with Gasteiger partial charge in [0.05, 0.1) is 18.2 Å². The van der Waals surface area contributed by atoms with Gasteiger partial charge in [-0.15, -0.1) is 0 Å². The van der Waals surface area contributed by atoms with Gasteiger partial charge in [-0.25, -0.2) is 9.64 Å². The average molecular weight is 290 g/mol. The van der Waals surface area contributed by atoms with Crippen LogP contribution in [-0.2, 0) is 0 Å². The van der Waals surface area contributed by atoms with E-state index < -0.39 is 0 Å². The molecule has 2 amide bonds. The molecule has 5 heteroatoms. The summed E-state index contributed by atoms with van der Waals surface area (Å²) in [5.74, 6) is 0. The van der Waals surface area contributed by atoms with Crippen molar-refractivity contribution in [2.75, 3.05) is 23.9 Å². The molecule has 0 saturated heterocycles. The smallest absolute Gasteiger partial charge is 0.298 e. The number of rotatable bonds is 2. The van der Waals surface area contributed by atoms with Gasteiger partial charge < -0.3 is 0 Å². The quantitative estimate of drug-likeness (QED) is 0.790. The fraction of sp³-hybridized carbons (Fsp3) is 0.118. The van der Waals surface area contributed by atoms with E-state index in [0.717, 1.165) is 0 Å². The Hall–Kier alpha value is -3.31. The average Bonchev–Trinajstić information content (AvgIpc) is 2.59. The van der Waals surface area contributed by atoms with Crippen LogP contribution in [0.4, 0.5) is 21.9 Å². The van der Waals surface area contributed by atoms with Crippen molar-refractivity contribution in [3.05, 3.63) is 65.5 Å². The van der Waals surface area contributed by atoms with Gasteiger partial charge in [0.15, 0.2) is 5.69 Å². The molecule has 108 valence electrons. The molecule has 0 N–H and O–H groups in total. The maximum Gasteiger partial charge on any atom is 0.328 e. The molecular weight excluding hydrogens is 276 g/mol. The van der Waals surface area contributed by atoms with Crippen LogP contribution in [-0.4, -0.2) is 20.1 Å². The first kappa shape index (κ1) is 15.1. The SMILES string of the molecule is [C-]#[N+]c1cccc(N(C)C(=O)N(C)c2cccc(C#N)c2)c1. The van der Waals surface area contributed by atoms with Gasteiger partial charge in [0.1, 0.15) is 0 Å². The molecule has 5 nitrogen and oxygen atoms in total. The van der Waals surface area contributed by atoms with Gasteiger partial charge in [0.25, 0.3) is 0 Å². The van der Waals surface area contributed by atoms with Crippen LogP contribution in [0.1, 0.15) is 5.56 Å². The molecule has 0 bridgehead atoms. The molecule has 0 aliphatic heterocycles. The van der Waals surface area contributed by atoms with Gasteiger partial charge in [-0.3, -0.25) is 9.80 Å². The first-order valence-corrected chi connectivity index (χ1v) is 6.56. The highest BCUT2D eigenvalue weighted by atomic mass is 16.2. The zero-order valence-corrected chi connectivity index (χ0v) is 12.3. The minimum absolute atomic E-state index is 0.253. The molecule has 0 radical (unpaired) electrons. The highest BCUT2D eigenvalue weighted by molar-refractivity contribution is 6.03. The van der Waals surface area contributed by atoms with Crippen molar-refractivity contribution in [1.29, 1.82) is 5.26 Å². The van der Waals surface area contributed by atoms with Crippen LogP contribution in [0.25, 0.3) is 4.85 Å².